The Hall–Kier alpha value is -4.03. The molecule has 3 heterocycles. The lowest BCUT2D eigenvalue weighted by Gasteiger charge is -2.49. The molecule has 1 amide bonds. The van der Waals surface area contributed by atoms with Crippen molar-refractivity contribution in [2.24, 2.45) is 11.8 Å². The second-order valence-electron chi connectivity index (χ2n) is 13.8. The van der Waals surface area contributed by atoms with Crippen LogP contribution in [0.4, 0.5) is 0 Å². The third-order valence-corrected chi connectivity index (χ3v) is 10.5. The Morgan fingerprint density at radius 1 is 0.864 bits per heavy atom. The zero-order valence-electron chi connectivity index (χ0n) is 25.9. The van der Waals surface area contributed by atoms with Crippen LogP contribution in [0, 0.1) is 11.8 Å². The molecule has 8 rings (SSSR count). The highest BCUT2D eigenvalue weighted by atomic mass is 16.5. The highest BCUT2D eigenvalue weighted by Crippen LogP contribution is 2.56. The summed E-state index contributed by atoms with van der Waals surface area (Å²) in [6, 6.07) is 24.9. The van der Waals surface area contributed by atoms with E-state index < -0.39 is 0 Å². The molecule has 3 atom stereocenters. The summed E-state index contributed by atoms with van der Waals surface area (Å²) in [7, 11) is 0. The maximum absolute atomic E-state index is 13.7. The van der Waals surface area contributed by atoms with Crippen molar-refractivity contribution in [1.82, 2.24) is 19.8 Å². The number of benzene rings is 4. The molecule has 0 radical (unpaired) electrons. The fourth-order valence-electron chi connectivity index (χ4n) is 8.16. The summed E-state index contributed by atoms with van der Waals surface area (Å²) in [4.78, 5) is 28.7. The van der Waals surface area contributed by atoms with Crippen LogP contribution in [-0.2, 0) is 6.54 Å². The Morgan fingerprint density at radius 3 is 2.39 bits per heavy atom. The fraction of sp³-hybridized carbons (Fsp3) is 0.395. The van der Waals surface area contributed by atoms with Crippen molar-refractivity contribution in [3.05, 3.63) is 89.5 Å². The maximum Gasteiger partial charge on any atom is 0.254 e. The number of ether oxygens (including phenoxy) is 1. The summed E-state index contributed by atoms with van der Waals surface area (Å²) in [5.74, 6) is 2.50. The van der Waals surface area contributed by atoms with E-state index in [1.165, 1.54) is 17.5 Å². The molecule has 1 aromatic heterocycles. The quantitative estimate of drug-likeness (QED) is 0.162. The number of hydrogen-bond acceptors (Lipinski definition) is 5. The molecule has 1 saturated heterocycles. The van der Waals surface area contributed by atoms with E-state index in [-0.39, 0.29) is 11.5 Å². The molecule has 5 aromatic rings. The summed E-state index contributed by atoms with van der Waals surface area (Å²) < 4.78 is 6.91. The molecule has 6 nitrogen and oxygen atoms in total. The molecule has 0 N–H and O–H groups in total. The van der Waals surface area contributed by atoms with Crippen molar-refractivity contribution >= 4 is 38.7 Å². The minimum Gasteiger partial charge on any atom is -0.487 e. The molecule has 3 aliphatic rings. The molecule has 1 aliphatic carbocycles. The largest absolute Gasteiger partial charge is 0.487 e. The number of hydrogen-bond donors (Lipinski definition) is 0. The summed E-state index contributed by atoms with van der Waals surface area (Å²) in [6.45, 7) is 11.0. The van der Waals surface area contributed by atoms with Gasteiger partial charge in [0.25, 0.3) is 5.91 Å². The fourth-order valence-corrected chi connectivity index (χ4v) is 8.16. The number of carbonyl (C=O) groups is 1. The van der Waals surface area contributed by atoms with E-state index in [2.05, 4.69) is 80.3 Å². The third-order valence-electron chi connectivity index (χ3n) is 10.5. The number of aromatic nitrogens is 2. The molecular weight excluding hydrogens is 544 g/mol. The van der Waals surface area contributed by atoms with Gasteiger partial charge >= 0.3 is 0 Å². The summed E-state index contributed by atoms with van der Waals surface area (Å²) >= 11 is 0. The van der Waals surface area contributed by atoms with Gasteiger partial charge in [-0.25, -0.2) is 9.97 Å². The van der Waals surface area contributed by atoms with Crippen molar-refractivity contribution in [2.75, 3.05) is 26.2 Å². The molecule has 44 heavy (non-hydrogen) atoms. The summed E-state index contributed by atoms with van der Waals surface area (Å²) in [5.41, 5.74) is 6.42. The van der Waals surface area contributed by atoms with Crippen molar-refractivity contribution in [2.45, 2.75) is 58.1 Å². The highest BCUT2D eigenvalue weighted by Gasteiger charge is 2.47. The molecule has 224 valence electrons. The van der Waals surface area contributed by atoms with Crippen LogP contribution >= 0.6 is 0 Å². The first kappa shape index (κ1) is 27.5. The van der Waals surface area contributed by atoms with Gasteiger partial charge in [0.05, 0.1) is 22.1 Å². The Kier molecular flexibility index (Phi) is 6.60. The van der Waals surface area contributed by atoms with Gasteiger partial charge in [0.1, 0.15) is 11.4 Å². The van der Waals surface area contributed by atoms with E-state index in [4.69, 9.17) is 14.7 Å². The summed E-state index contributed by atoms with van der Waals surface area (Å²) in [6.07, 6.45) is 3.52. The van der Waals surface area contributed by atoms with Crippen LogP contribution in [0.25, 0.3) is 32.8 Å². The molecule has 0 spiro atoms. The number of nitrogens with zero attached hydrogens (tertiary/aromatic N) is 4. The molecule has 6 heteroatoms. The van der Waals surface area contributed by atoms with Crippen molar-refractivity contribution in [3.8, 4) is 5.75 Å². The second kappa shape index (κ2) is 10.6. The Bertz CT molecular complexity index is 1890. The lowest BCUT2D eigenvalue weighted by atomic mass is 9.64. The van der Waals surface area contributed by atoms with Gasteiger partial charge in [-0.2, -0.15) is 0 Å². The summed E-state index contributed by atoms with van der Waals surface area (Å²) in [5, 5.41) is 2.19. The van der Waals surface area contributed by atoms with Crippen molar-refractivity contribution < 1.29 is 9.53 Å². The monoisotopic (exact) mass is 584 g/mol. The predicted octanol–water partition coefficient (Wildman–Crippen LogP) is 7.59. The molecule has 2 fully saturated rings. The normalized spacial score (nSPS) is 23.3. The lowest BCUT2D eigenvalue weighted by molar-refractivity contribution is -0.0115. The number of amides is 1. The molecule has 0 unspecified atom stereocenters. The van der Waals surface area contributed by atoms with Gasteiger partial charge in [0.15, 0.2) is 0 Å². The standard InChI is InChI=1S/C38H40N4O2/c1-24-13-15-30-29(21-24)33-35-34(27-11-7-8-12-28(27)36(33)44-38(30,2)3)39-31-16-14-26(22-32(31)40-35)37(43)42-19-17-41(18-20-42)23-25-9-5-4-6-10-25/h4-12,14,16,22,24,29-30H,13,15,17-21,23H2,1-3H3/t24-,29-,30-/m0/s1. The minimum atomic E-state index is -0.247. The number of piperazine rings is 1. The van der Waals surface area contributed by atoms with E-state index in [1.807, 2.05) is 23.1 Å². The smallest absolute Gasteiger partial charge is 0.254 e. The topological polar surface area (TPSA) is 58.6 Å². The maximum atomic E-state index is 13.7. The first-order valence-corrected chi connectivity index (χ1v) is 16.3. The average Bonchev–Trinajstić information content (AvgIpc) is 3.04. The van der Waals surface area contributed by atoms with Crippen LogP contribution in [0.3, 0.4) is 0 Å². The van der Waals surface area contributed by atoms with Gasteiger partial charge in [-0.1, -0.05) is 67.9 Å². The van der Waals surface area contributed by atoms with Crippen LogP contribution in [0.5, 0.6) is 5.75 Å². The number of rotatable bonds is 3. The van der Waals surface area contributed by atoms with E-state index in [0.717, 1.165) is 84.2 Å². The molecule has 4 aromatic carbocycles. The van der Waals surface area contributed by atoms with Gasteiger partial charge in [-0.05, 0) is 62.3 Å². The third kappa shape index (κ3) is 4.62. The van der Waals surface area contributed by atoms with Gasteiger partial charge in [-0.15, -0.1) is 0 Å². The lowest BCUT2D eigenvalue weighted by Crippen LogP contribution is -2.48. The van der Waals surface area contributed by atoms with Crippen LogP contribution < -0.4 is 4.74 Å². The van der Waals surface area contributed by atoms with Crippen molar-refractivity contribution in [3.63, 3.8) is 0 Å². The van der Waals surface area contributed by atoms with Gasteiger partial charge in [0.2, 0.25) is 0 Å². The van der Waals surface area contributed by atoms with Crippen molar-refractivity contribution in [1.29, 1.82) is 0 Å². The SMILES string of the molecule is C[C@H]1CC[C@H]2[C@H](C1)c1c(c3ccccc3c3nc4ccc(C(=O)N5CCN(Cc6ccccc6)CC5)cc4nc13)OC2(C)C. The van der Waals surface area contributed by atoms with Gasteiger partial charge in [0, 0.05) is 60.5 Å². The van der Waals surface area contributed by atoms with Crippen LogP contribution in [0.15, 0.2) is 72.8 Å². The molecule has 0 bridgehead atoms. The zero-order chi connectivity index (χ0) is 30.0. The first-order valence-electron chi connectivity index (χ1n) is 16.3. The molecule has 2 aliphatic heterocycles. The van der Waals surface area contributed by atoms with E-state index in [1.54, 1.807) is 0 Å². The molecular formula is C38H40N4O2. The zero-order valence-corrected chi connectivity index (χ0v) is 25.9. The second-order valence-corrected chi connectivity index (χ2v) is 13.8. The van der Waals surface area contributed by atoms with Gasteiger partial charge < -0.3 is 9.64 Å². The Balaban J connectivity index is 1.17. The van der Waals surface area contributed by atoms with E-state index in [0.29, 0.717) is 23.3 Å². The predicted molar refractivity (Wildman–Crippen MR) is 176 cm³/mol. The van der Waals surface area contributed by atoms with Crippen LogP contribution in [-0.4, -0.2) is 57.5 Å². The van der Waals surface area contributed by atoms with E-state index in [9.17, 15) is 4.79 Å². The molecule has 1 saturated carbocycles. The van der Waals surface area contributed by atoms with Crippen LogP contribution in [0.1, 0.15) is 67.4 Å². The van der Waals surface area contributed by atoms with Crippen LogP contribution in [0.2, 0.25) is 0 Å². The highest BCUT2D eigenvalue weighted by molar-refractivity contribution is 6.11. The van der Waals surface area contributed by atoms with E-state index >= 15 is 0 Å². The Labute approximate surface area is 259 Å². The average molecular weight is 585 g/mol. The number of fused-ring (bicyclic) bond motifs is 9. The first-order chi connectivity index (χ1) is 21.4. The minimum absolute atomic E-state index is 0.0694. The Morgan fingerprint density at radius 2 is 1.59 bits per heavy atom. The number of carbonyl (C=O) groups excluding carboxylic acids is 1. The van der Waals surface area contributed by atoms with Gasteiger partial charge in [-0.3, -0.25) is 9.69 Å².